The third kappa shape index (κ3) is 3.64. The van der Waals surface area contributed by atoms with Gasteiger partial charge in [-0.3, -0.25) is 4.79 Å². The molecule has 0 fully saturated rings. The maximum atomic E-state index is 13.8. The summed E-state index contributed by atoms with van der Waals surface area (Å²) in [7, 11) is 0. The van der Waals surface area contributed by atoms with Gasteiger partial charge in [-0.1, -0.05) is 11.8 Å². The van der Waals surface area contributed by atoms with Gasteiger partial charge >= 0.3 is 0 Å². The average Bonchev–Trinajstić information content (AvgIpc) is 2.99. The highest BCUT2D eigenvalue weighted by atomic mass is 19.1. The van der Waals surface area contributed by atoms with Crippen LogP contribution in [0.15, 0.2) is 30.9 Å². The summed E-state index contributed by atoms with van der Waals surface area (Å²) < 4.78 is 15.2. The van der Waals surface area contributed by atoms with Crippen molar-refractivity contribution >= 4 is 11.6 Å². The highest BCUT2D eigenvalue weighted by molar-refractivity contribution is 5.93. The number of amides is 1. The molecular weight excluding hydrogens is 273 g/mol. The van der Waals surface area contributed by atoms with E-state index in [-0.39, 0.29) is 18.0 Å². The third-order valence-corrected chi connectivity index (χ3v) is 2.77. The second-order valence-corrected chi connectivity index (χ2v) is 4.24. The van der Waals surface area contributed by atoms with Gasteiger partial charge in [0.15, 0.2) is 0 Å². The Morgan fingerprint density at radius 3 is 3.00 bits per heavy atom. The first-order valence-corrected chi connectivity index (χ1v) is 6.25. The zero-order valence-corrected chi connectivity index (χ0v) is 11.4. The second kappa shape index (κ2) is 6.63. The number of benzene rings is 1. The Bertz CT molecular complexity index is 687. The van der Waals surface area contributed by atoms with E-state index in [1.807, 2.05) is 0 Å². The number of halogens is 1. The molecule has 1 atom stereocenters. The van der Waals surface area contributed by atoms with Crippen molar-refractivity contribution in [3.05, 3.63) is 42.2 Å². The van der Waals surface area contributed by atoms with Crippen LogP contribution in [0.1, 0.15) is 18.5 Å². The molecule has 0 aliphatic rings. The van der Waals surface area contributed by atoms with Gasteiger partial charge in [-0.2, -0.15) is 5.10 Å². The molecule has 3 N–H and O–H groups in total. The Hall–Kier alpha value is -2.72. The highest BCUT2D eigenvalue weighted by Crippen LogP contribution is 2.15. The van der Waals surface area contributed by atoms with Crippen LogP contribution in [0.4, 0.5) is 10.1 Å². The number of nitrogens with one attached hydrogen (secondary N) is 1. The lowest BCUT2D eigenvalue weighted by Crippen LogP contribution is -2.24. The van der Waals surface area contributed by atoms with Gasteiger partial charge in [-0.25, -0.2) is 14.1 Å². The van der Waals surface area contributed by atoms with Crippen molar-refractivity contribution in [3.8, 4) is 11.8 Å². The summed E-state index contributed by atoms with van der Waals surface area (Å²) in [5.41, 5.74) is 5.82. The van der Waals surface area contributed by atoms with Gasteiger partial charge in [-0.15, -0.1) is 0 Å². The van der Waals surface area contributed by atoms with Crippen molar-refractivity contribution in [2.45, 2.75) is 13.0 Å². The number of nitrogens with two attached hydrogens (primary N) is 1. The van der Waals surface area contributed by atoms with Crippen LogP contribution in [0.25, 0.3) is 0 Å². The number of nitrogens with zero attached hydrogens (tertiary/aromatic N) is 3. The normalized spacial score (nSPS) is 11.4. The molecule has 0 spiro atoms. The fourth-order valence-corrected chi connectivity index (χ4v) is 1.62. The number of aromatic nitrogens is 3. The minimum absolute atomic E-state index is 0.160. The van der Waals surface area contributed by atoms with Crippen LogP contribution in [0.3, 0.4) is 0 Å². The number of carbonyl (C=O) groups excluding carboxylic acids is 1. The van der Waals surface area contributed by atoms with Crippen LogP contribution in [0, 0.1) is 17.7 Å². The molecule has 1 heterocycles. The molecule has 1 aromatic heterocycles. The summed E-state index contributed by atoms with van der Waals surface area (Å²) in [4.78, 5) is 15.8. The number of hydrogen-bond donors (Lipinski definition) is 2. The van der Waals surface area contributed by atoms with Crippen molar-refractivity contribution in [3.63, 3.8) is 0 Å². The molecule has 0 bridgehead atoms. The van der Waals surface area contributed by atoms with E-state index in [2.05, 4.69) is 27.2 Å². The lowest BCUT2D eigenvalue weighted by atomic mass is 10.2. The van der Waals surface area contributed by atoms with Crippen molar-refractivity contribution in [1.29, 1.82) is 0 Å². The molecule has 108 valence electrons. The quantitative estimate of drug-likeness (QED) is 0.822. The van der Waals surface area contributed by atoms with E-state index in [0.717, 1.165) is 0 Å². The average molecular weight is 287 g/mol. The minimum Gasteiger partial charge on any atom is -0.324 e. The minimum atomic E-state index is -0.549. The van der Waals surface area contributed by atoms with Gasteiger partial charge < -0.3 is 11.1 Å². The fraction of sp³-hybridized carbons (Fsp3) is 0.214. The maximum absolute atomic E-state index is 13.8. The van der Waals surface area contributed by atoms with E-state index >= 15 is 0 Å². The zero-order chi connectivity index (χ0) is 15.2. The predicted molar refractivity (Wildman–Crippen MR) is 75.7 cm³/mol. The Morgan fingerprint density at radius 1 is 1.57 bits per heavy atom. The van der Waals surface area contributed by atoms with Gasteiger partial charge in [0.1, 0.15) is 24.5 Å². The number of rotatable bonds is 3. The van der Waals surface area contributed by atoms with Gasteiger partial charge in [0.25, 0.3) is 0 Å². The van der Waals surface area contributed by atoms with E-state index < -0.39 is 11.9 Å². The summed E-state index contributed by atoms with van der Waals surface area (Å²) in [5, 5.41) is 6.50. The summed E-state index contributed by atoms with van der Waals surface area (Å²) in [6.07, 6.45) is 2.78. The maximum Gasteiger partial charge on any atom is 0.249 e. The molecule has 7 heteroatoms. The standard InChI is InChI=1S/C14H14FN5O/c1-10(20-9-17-8-18-20)14(21)19-12-5-4-11(3-2-6-16)13(15)7-12/h4-5,7-10H,6,16H2,1H3,(H,19,21). The van der Waals surface area contributed by atoms with Crippen molar-refractivity contribution in [2.75, 3.05) is 11.9 Å². The van der Waals surface area contributed by atoms with Crippen LogP contribution in [0.5, 0.6) is 0 Å². The summed E-state index contributed by atoms with van der Waals surface area (Å²) in [5.74, 6) is 4.36. The van der Waals surface area contributed by atoms with Gasteiger partial charge in [-0.05, 0) is 25.1 Å². The summed E-state index contributed by atoms with van der Waals surface area (Å²) in [6, 6.07) is 3.74. The number of carbonyl (C=O) groups is 1. The van der Waals surface area contributed by atoms with Crippen molar-refractivity contribution < 1.29 is 9.18 Å². The van der Waals surface area contributed by atoms with Gasteiger partial charge in [0.05, 0.1) is 12.1 Å². The largest absolute Gasteiger partial charge is 0.324 e. The molecule has 1 amide bonds. The molecule has 0 saturated carbocycles. The van der Waals surface area contributed by atoms with Crippen LogP contribution in [0.2, 0.25) is 0 Å². The first-order valence-electron chi connectivity index (χ1n) is 6.25. The molecule has 0 aliphatic carbocycles. The summed E-state index contributed by atoms with van der Waals surface area (Å²) >= 11 is 0. The molecule has 1 unspecified atom stereocenters. The van der Waals surface area contributed by atoms with E-state index in [9.17, 15) is 9.18 Å². The van der Waals surface area contributed by atoms with Gasteiger partial charge in [0, 0.05) is 5.69 Å². The monoisotopic (exact) mass is 287 g/mol. The van der Waals surface area contributed by atoms with E-state index in [1.54, 1.807) is 13.0 Å². The molecule has 0 saturated heterocycles. The SMILES string of the molecule is CC(C(=O)Nc1ccc(C#CCN)c(F)c1)n1cncn1. The molecule has 2 aromatic rings. The topological polar surface area (TPSA) is 85.8 Å². The molecule has 0 radical (unpaired) electrons. The van der Waals surface area contributed by atoms with Crippen molar-refractivity contribution in [1.82, 2.24) is 14.8 Å². The van der Waals surface area contributed by atoms with E-state index in [1.165, 1.54) is 29.5 Å². The Balaban J connectivity index is 2.09. The smallest absolute Gasteiger partial charge is 0.249 e. The van der Waals surface area contributed by atoms with Gasteiger partial charge in [0.2, 0.25) is 5.91 Å². The molecule has 0 aliphatic heterocycles. The highest BCUT2D eigenvalue weighted by Gasteiger charge is 2.15. The molecular formula is C14H14FN5O. The van der Waals surface area contributed by atoms with Crippen LogP contribution >= 0.6 is 0 Å². The molecule has 21 heavy (non-hydrogen) atoms. The van der Waals surface area contributed by atoms with Crippen LogP contribution in [-0.4, -0.2) is 27.2 Å². The third-order valence-electron chi connectivity index (χ3n) is 2.77. The van der Waals surface area contributed by atoms with E-state index in [0.29, 0.717) is 5.69 Å². The zero-order valence-electron chi connectivity index (χ0n) is 11.4. The first-order chi connectivity index (χ1) is 10.1. The number of hydrogen-bond acceptors (Lipinski definition) is 4. The molecule has 1 aromatic carbocycles. The predicted octanol–water partition coefficient (Wildman–Crippen LogP) is 0.927. The molecule has 6 nitrogen and oxygen atoms in total. The Morgan fingerprint density at radius 2 is 2.38 bits per heavy atom. The fourth-order valence-electron chi connectivity index (χ4n) is 1.62. The second-order valence-electron chi connectivity index (χ2n) is 4.24. The Kier molecular flexibility index (Phi) is 4.64. The van der Waals surface area contributed by atoms with Crippen molar-refractivity contribution in [2.24, 2.45) is 5.73 Å². The first kappa shape index (κ1) is 14.7. The number of anilines is 1. The van der Waals surface area contributed by atoms with E-state index in [4.69, 9.17) is 5.73 Å². The lowest BCUT2D eigenvalue weighted by Gasteiger charge is -2.12. The Labute approximate surface area is 121 Å². The lowest BCUT2D eigenvalue weighted by molar-refractivity contribution is -0.119. The summed E-state index contributed by atoms with van der Waals surface area (Å²) in [6.45, 7) is 1.83. The van der Waals surface area contributed by atoms with Crippen LogP contribution in [-0.2, 0) is 4.79 Å². The molecule has 2 rings (SSSR count). The van der Waals surface area contributed by atoms with Crippen LogP contribution < -0.4 is 11.1 Å².